The van der Waals surface area contributed by atoms with Gasteiger partial charge >= 0.3 is 12.1 Å². The maximum absolute atomic E-state index is 11.7. The number of ether oxygens (including phenoxy) is 1. The number of aromatic hydroxyl groups is 1. The number of phenols is 1. The molecular formula is C14H17NO6. The third-order valence-electron chi connectivity index (χ3n) is 2.31. The summed E-state index contributed by atoms with van der Waals surface area (Å²) in [5.41, 5.74) is -0.303. The minimum absolute atomic E-state index is 0.141. The molecule has 7 heteroatoms. The molecule has 0 saturated heterocycles. The van der Waals surface area contributed by atoms with Crippen LogP contribution in [0, 0.1) is 0 Å². The van der Waals surface area contributed by atoms with Gasteiger partial charge in [-0.15, -0.1) is 0 Å². The summed E-state index contributed by atoms with van der Waals surface area (Å²) >= 11 is 0. The summed E-state index contributed by atoms with van der Waals surface area (Å²) in [6, 6.07) is 3.89. The molecule has 0 unspecified atom stereocenters. The zero-order chi connectivity index (χ0) is 16.2. The van der Waals surface area contributed by atoms with Crippen LogP contribution in [-0.2, 0) is 20.7 Å². The van der Waals surface area contributed by atoms with Crippen LogP contribution in [0.2, 0.25) is 0 Å². The normalized spacial score (nSPS) is 10.8. The highest BCUT2D eigenvalue weighted by atomic mass is 16.6. The summed E-state index contributed by atoms with van der Waals surface area (Å²) in [5.74, 6) is -2.77. The molecule has 3 N–H and O–H groups in total. The molecule has 0 heterocycles. The number of hydrogen-bond acceptors (Lipinski definition) is 5. The van der Waals surface area contributed by atoms with E-state index in [-0.39, 0.29) is 17.0 Å². The van der Waals surface area contributed by atoms with Crippen LogP contribution in [0.15, 0.2) is 18.2 Å². The Kier molecular flexibility index (Phi) is 4.91. The Morgan fingerprint density at radius 1 is 1.24 bits per heavy atom. The maximum atomic E-state index is 11.7. The third-order valence-corrected chi connectivity index (χ3v) is 2.31. The van der Waals surface area contributed by atoms with Crippen LogP contribution in [0.3, 0.4) is 0 Å². The molecule has 0 aromatic heterocycles. The maximum Gasteiger partial charge on any atom is 0.412 e. The van der Waals surface area contributed by atoms with Gasteiger partial charge in [0.05, 0.1) is 0 Å². The summed E-state index contributed by atoms with van der Waals surface area (Å²) in [4.78, 5) is 33.5. The Labute approximate surface area is 121 Å². The number of carboxylic acid groups (broad SMARTS) is 1. The number of rotatable bonds is 4. The average Bonchev–Trinajstić information content (AvgIpc) is 2.30. The Hall–Kier alpha value is -2.57. The van der Waals surface area contributed by atoms with E-state index in [1.807, 2.05) is 0 Å². The first-order valence-corrected chi connectivity index (χ1v) is 6.16. The molecule has 0 aliphatic carbocycles. The summed E-state index contributed by atoms with van der Waals surface area (Å²) in [7, 11) is 0. The van der Waals surface area contributed by atoms with Crippen molar-refractivity contribution in [3.8, 4) is 5.75 Å². The number of nitrogens with one attached hydrogen (secondary N) is 1. The predicted octanol–water partition coefficient (Wildman–Crippen LogP) is 1.94. The van der Waals surface area contributed by atoms with E-state index in [0.717, 1.165) is 0 Å². The number of carbonyl (C=O) groups is 3. The molecule has 1 aromatic rings. The highest BCUT2D eigenvalue weighted by Gasteiger charge is 2.19. The number of benzene rings is 1. The van der Waals surface area contributed by atoms with E-state index in [1.54, 1.807) is 20.8 Å². The molecule has 21 heavy (non-hydrogen) atoms. The summed E-state index contributed by atoms with van der Waals surface area (Å²) in [6.07, 6.45) is -1.19. The number of anilines is 1. The van der Waals surface area contributed by atoms with Crippen molar-refractivity contribution >= 4 is 23.5 Å². The Bertz CT molecular complexity index is 573. The number of Topliss-reactive ketones (excluding diaryl/α,β-unsaturated/α-hetero) is 1. The minimum Gasteiger partial charge on any atom is -0.508 e. The van der Waals surface area contributed by atoms with E-state index in [2.05, 4.69) is 5.32 Å². The fourth-order valence-corrected chi connectivity index (χ4v) is 1.51. The number of carboxylic acids is 1. The lowest BCUT2D eigenvalue weighted by Crippen LogP contribution is -2.27. The smallest absolute Gasteiger partial charge is 0.412 e. The molecule has 0 atom stereocenters. The fraction of sp³-hybridized carbons (Fsp3) is 0.357. The van der Waals surface area contributed by atoms with Crippen molar-refractivity contribution in [3.05, 3.63) is 23.8 Å². The van der Waals surface area contributed by atoms with Gasteiger partial charge in [-0.05, 0) is 44.5 Å². The first-order valence-electron chi connectivity index (χ1n) is 6.16. The second kappa shape index (κ2) is 6.25. The van der Waals surface area contributed by atoms with E-state index in [0.29, 0.717) is 0 Å². The van der Waals surface area contributed by atoms with Gasteiger partial charge in [-0.2, -0.15) is 0 Å². The molecule has 0 aliphatic rings. The van der Waals surface area contributed by atoms with Gasteiger partial charge in [0.2, 0.25) is 5.78 Å². The van der Waals surface area contributed by atoms with Crippen LogP contribution in [0.4, 0.5) is 10.5 Å². The Balaban J connectivity index is 2.94. The van der Waals surface area contributed by atoms with Gasteiger partial charge in [-0.25, -0.2) is 9.59 Å². The van der Waals surface area contributed by atoms with Crippen molar-refractivity contribution in [2.45, 2.75) is 32.8 Å². The number of carbonyl (C=O) groups excluding carboxylic acids is 2. The minimum atomic E-state index is -1.58. The molecule has 114 valence electrons. The molecule has 0 radical (unpaired) electrons. The molecular weight excluding hydrogens is 278 g/mol. The quantitative estimate of drug-likeness (QED) is 0.578. The molecule has 0 saturated carbocycles. The Morgan fingerprint density at radius 2 is 1.86 bits per heavy atom. The zero-order valence-corrected chi connectivity index (χ0v) is 12.0. The molecule has 0 bridgehead atoms. The second-order valence-electron chi connectivity index (χ2n) is 5.37. The molecule has 1 aromatic carbocycles. The van der Waals surface area contributed by atoms with Crippen LogP contribution >= 0.6 is 0 Å². The molecule has 7 nitrogen and oxygen atoms in total. The van der Waals surface area contributed by atoms with Crippen LogP contribution in [-0.4, -0.2) is 33.7 Å². The molecule has 1 amide bonds. The average molecular weight is 295 g/mol. The van der Waals surface area contributed by atoms with E-state index in [9.17, 15) is 19.5 Å². The van der Waals surface area contributed by atoms with E-state index in [4.69, 9.17) is 9.84 Å². The fourth-order valence-electron chi connectivity index (χ4n) is 1.51. The van der Waals surface area contributed by atoms with Gasteiger partial charge in [0.15, 0.2) is 0 Å². The van der Waals surface area contributed by atoms with Gasteiger partial charge in [-0.3, -0.25) is 10.1 Å². The molecule has 0 spiro atoms. The van der Waals surface area contributed by atoms with Gasteiger partial charge in [0, 0.05) is 12.1 Å². The van der Waals surface area contributed by atoms with Crippen molar-refractivity contribution in [1.29, 1.82) is 0 Å². The first-order chi connectivity index (χ1) is 9.58. The number of hydrogen-bond donors (Lipinski definition) is 3. The summed E-state index contributed by atoms with van der Waals surface area (Å²) in [6.45, 7) is 5.08. The van der Waals surface area contributed by atoms with Crippen molar-refractivity contribution in [2.24, 2.45) is 0 Å². The lowest BCUT2D eigenvalue weighted by atomic mass is 10.1. The molecule has 0 aliphatic heterocycles. The molecule has 1 rings (SSSR count). The van der Waals surface area contributed by atoms with Crippen molar-refractivity contribution in [1.82, 2.24) is 0 Å². The number of ketones is 1. The Morgan fingerprint density at radius 3 is 2.38 bits per heavy atom. The molecule has 0 fully saturated rings. The van der Waals surface area contributed by atoms with Crippen LogP contribution in [0.25, 0.3) is 0 Å². The second-order valence-corrected chi connectivity index (χ2v) is 5.37. The van der Waals surface area contributed by atoms with Crippen LogP contribution < -0.4 is 5.32 Å². The SMILES string of the molecule is CC(C)(C)OC(=O)Nc1ccc(O)cc1CC(=O)C(=O)O. The van der Waals surface area contributed by atoms with Gasteiger partial charge in [0.1, 0.15) is 11.4 Å². The van der Waals surface area contributed by atoms with Crippen molar-refractivity contribution < 1.29 is 29.3 Å². The van der Waals surface area contributed by atoms with E-state index < -0.39 is 29.9 Å². The lowest BCUT2D eigenvalue weighted by molar-refractivity contribution is -0.148. The number of phenolic OH excluding ortho intramolecular Hbond substituents is 1. The highest BCUT2D eigenvalue weighted by Crippen LogP contribution is 2.23. The van der Waals surface area contributed by atoms with Crippen LogP contribution in [0.5, 0.6) is 5.75 Å². The largest absolute Gasteiger partial charge is 0.508 e. The standard InChI is InChI=1S/C14H17NO6/c1-14(2,3)21-13(20)15-10-5-4-9(16)6-8(10)7-11(17)12(18)19/h4-6,16H,7H2,1-3H3,(H,15,20)(H,18,19). The van der Waals surface area contributed by atoms with Crippen molar-refractivity contribution in [3.63, 3.8) is 0 Å². The number of aliphatic carboxylic acids is 1. The number of amides is 1. The third kappa shape index (κ3) is 5.52. The lowest BCUT2D eigenvalue weighted by Gasteiger charge is -2.20. The highest BCUT2D eigenvalue weighted by molar-refractivity contribution is 6.33. The van der Waals surface area contributed by atoms with Gasteiger partial charge < -0.3 is 14.9 Å². The zero-order valence-electron chi connectivity index (χ0n) is 12.0. The predicted molar refractivity (Wildman–Crippen MR) is 74.3 cm³/mol. The topological polar surface area (TPSA) is 113 Å². The van der Waals surface area contributed by atoms with Gasteiger partial charge in [-0.1, -0.05) is 0 Å². The van der Waals surface area contributed by atoms with Crippen LogP contribution in [0.1, 0.15) is 26.3 Å². The monoisotopic (exact) mass is 295 g/mol. The van der Waals surface area contributed by atoms with Crippen molar-refractivity contribution in [2.75, 3.05) is 5.32 Å². The first kappa shape index (κ1) is 16.5. The summed E-state index contributed by atoms with van der Waals surface area (Å²) in [5, 5.41) is 20.4. The van der Waals surface area contributed by atoms with E-state index in [1.165, 1.54) is 18.2 Å². The summed E-state index contributed by atoms with van der Waals surface area (Å²) < 4.78 is 5.07. The van der Waals surface area contributed by atoms with E-state index >= 15 is 0 Å². The van der Waals surface area contributed by atoms with Gasteiger partial charge in [0.25, 0.3) is 0 Å².